The van der Waals surface area contributed by atoms with Gasteiger partial charge in [-0.1, -0.05) is 30.7 Å². The molecule has 1 amide bonds. The summed E-state index contributed by atoms with van der Waals surface area (Å²) >= 11 is 6.27. The minimum atomic E-state index is -4.05. The van der Waals surface area contributed by atoms with E-state index in [0.29, 0.717) is 62.6 Å². The van der Waals surface area contributed by atoms with E-state index in [-0.39, 0.29) is 40.4 Å². The normalized spacial score (nSPS) is 29.4. The van der Waals surface area contributed by atoms with Crippen LogP contribution < -0.4 is 14.4 Å². The molecule has 9 nitrogen and oxygen atoms in total. The molecular formula is C38H51ClFN3O6S. The molecule has 6 rings (SSSR count). The highest BCUT2D eigenvalue weighted by molar-refractivity contribution is 7.90. The van der Waals surface area contributed by atoms with Crippen LogP contribution >= 0.6 is 11.6 Å². The Labute approximate surface area is 301 Å². The first-order valence-corrected chi connectivity index (χ1v) is 20.1. The number of anilines is 1. The van der Waals surface area contributed by atoms with Crippen molar-refractivity contribution in [1.29, 1.82) is 0 Å². The lowest BCUT2D eigenvalue weighted by Crippen LogP contribution is -2.46. The third-order valence-electron chi connectivity index (χ3n) is 11.5. The van der Waals surface area contributed by atoms with Crippen molar-refractivity contribution in [3.8, 4) is 5.75 Å². The SMILES string of the molecule is C=C[C@H]1C[C@H](OCCN2CCOCC2)[C@@H]2CC[C@H]2CN2Cc3ccc(Cl)c(F)c3CCCCOc3ccc(cc32)C(=O)NS(=O)(=O)[C@H](C)[C@H]1C. The number of benzene rings is 2. The van der Waals surface area contributed by atoms with E-state index >= 15 is 4.39 Å². The Hall–Kier alpha value is -2.70. The Morgan fingerprint density at radius 3 is 2.66 bits per heavy atom. The van der Waals surface area contributed by atoms with Gasteiger partial charge in [0.25, 0.3) is 5.91 Å². The molecule has 274 valence electrons. The van der Waals surface area contributed by atoms with Gasteiger partial charge in [0.05, 0.1) is 48.5 Å². The zero-order chi connectivity index (χ0) is 35.4. The van der Waals surface area contributed by atoms with Crippen LogP contribution in [0.1, 0.15) is 67.4 Å². The summed E-state index contributed by atoms with van der Waals surface area (Å²) in [6.45, 7) is 13.7. The van der Waals surface area contributed by atoms with Gasteiger partial charge in [-0.05, 0) is 105 Å². The fraction of sp³-hybridized carbons (Fsp3) is 0.605. The molecule has 1 saturated carbocycles. The standard InChI is InChI=1S/C38H51ClFN3O6S/c1-4-27-22-36(49-20-16-42-14-18-47-19-15-42)31-11-8-29(31)23-43-24-30-9-12-33(39)37(40)32(30)7-5-6-17-48-35-13-10-28(21-34(35)43)38(44)41-50(45,46)26(3)25(27)2/h4,9-10,12-13,21,25-27,29,31,36H,1,5-8,11,14-20,22-24H2,2-3H3,(H,41,44)/t25-,26-,27+,29+,31-,36+/m1/s1. The predicted molar refractivity (Wildman–Crippen MR) is 194 cm³/mol. The Morgan fingerprint density at radius 1 is 1.12 bits per heavy atom. The van der Waals surface area contributed by atoms with E-state index < -0.39 is 27.0 Å². The Kier molecular flexibility index (Phi) is 12.1. The van der Waals surface area contributed by atoms with Gasteiger partial charge in [0, 0.05) is 38.3 Å². The zero-order valence-corrected chi connectivity index (χ0v) is 30.8. The number of carbonyl (C=O) groups excluding carboxylic acids is 1. The summed E-state index contributed by atoms with van der Waals surface area (Å²) in [7, 11) is -4.05. The first kappa shape index (κ1) is 37.1. The summed E-state index contributed by atoms with van der Waals surface area (Å²) in [6.07, 6.45) is 6.29. The molecule has 1 N–H and O–H groups in total. The molecule has 4 aliphatic rings. The summed E-state index contributed by atoms with van der Waals surface area (Å²) in [5.41, 5.74) is 2.32. The Balaban J connectivity index is 1.40. The van der Waals surface area contributed by atoms with E-state index in [9.17, 15) is 13.2 Å². The minimum absolute atomic E-state index is 0.101. The molecule has 12 heteroatoms. The van der Waals surface area contributed by atoms with Gasteiger partial charge in [-0.3, -0.25) is 9.69 Å². The van der Waals surface area contributed by atoms with Crippen molar-refractivity contribution in [2.45, 2.75) is 70.3 Å². The second-order valence-corrected chi connectivity index (χ2v) is 16.9. The van der Waals surface area contributed by atoms with Gasteiger partial charge in [0.1, 0.15) is 11.6 Å². The zero-order valence-electron chi connectivity index (χ0n) is 29.3. The van der Waals surface area contributed by atoms with Crippen LogP contribution in [0.4, 0.5) is 10.1 Å². The number of rotatable bonds is 5. The lowest BCUT2D eigenvalue weighted by molar-refractivity contribution is -0.0641. The summed E-state index contributed by atoms with van der Waals surface area (Å²) in [5, 5.41) is -0.756. The molecule has 2 bridgehead atoms. The number of amides is 1. The van der Waals surface area contributed by atoms with Crippen molar-refractivity contribution in [3.05, 3.63) is 70.5 Å². The lowest BCUT2D eigenvalue weighted by Gasteiger charge is -2.46. The maximum absolute atomic E-state index is 15.5. The third-order valence-corrected chi connectivity index (χ3v) is 13.7. The summed E-state index contributed by atoms with van der Waals surface area (Å²) < 4.78 is 63.9. The lowest BCUT2D eigenvalue weighted by atomic mass is 9.68. The van der Waals surface area contributed by atoms with E-state index in [0.717, 1.165) is 57.7 Å². The molecule has 1 aliphatic carbocycles. The van der Waals surface area contributed by atoms with Gasteiger partial charge in [0.2, 0.25) is 10.0 Å². The van der Waals surface area contributed by atoms with Gasteiger partial charge < -0.3 is 19.1 Å². The predicted octanol–water partition coefficient (Wildman–Crippen LogP) is 6.23. The first-order chi connectivity index (χ1) is 24.1. The van der Waals surface area contributed by atoms with Crippen LogP contribution in [0, 0.1) is 29.5 Å². The minimum Gasteiger partial charge on any atom is -0.491 e. The summed E-state index contributed by atoms with van der Waals surface area (Å²) in [5.74, 6) is -0.502. The van der Waals surface area contributed by atoms with Crippen LogP contribution in [-0.2, 0) is 32.5 Å². The number of carbonyl (C=O) groups is 1. The molecule has 0 unspecified atom stereocenters. The topological polar surface area (TPSA) is 97.4 Å². The maximum Gasteiger partial charge on any atom is 0.264 e. The van der Waals surface area contributed by atoms with Crippen molar-refractivity contribution in [2.24, 2.45) is 23.7 Å². The Bertz CT molecular complexity index is 1640. The highest BCUT2D eigenvalue weighted by atomic mass is 35.5. The molecule has 0 aromatic heterocycles. The number of halogens is 2. The van der Waals surface area contributed by atoms with E-state index in [1.54, 1.807) is 31.2 Å². The molecule has 6 atom stereocenters. The number of morpholine rings is 1. The van der Waals surface area contributed by atoms with Gasteiger partial charge in [0.15, 0.2) is 0 Å². The maximum atomic E-state index is 15.5. The van der Waals surface area contributed by atoms with Gasteiger partial charge >= 0.3 is 0 Å². The fourth-order valence-corrected chi connectivity index (χ4v) is 9.45. The Morgan fingerprint density at radius 2 is 1.92 bits per heavy atom. The van der Waals surface area contributed by atoms with Crippen LogP contribution in [0.5, 0.6) is 5.75 Å². The number of nitrogens with zero attached hydrogens (tertiary/aromatic N) is 2. The molecule has 3 heterocycles. The molecular weight excluding hydrogens is 681 g/mol. The average molecular weight is 732 g/mol. The van der Waals surface area contributed by atoms with Gasteiger partial charge in [-0.25, -0.2) is 17.5 Å². The number of ether oxygens (including phenoxy) is 3. The fourth-order valence-electron chi connectivity index (χ4n) is 7.94. The second kappa shape index (κ2) is 16.3. The van der Waals surface area contributed by atoms with Gasteiger partial charge in [-0.2, -0.15) is 0 Å². The molecule has 0 spiro atoms. The summed E-state index contributed by atoms with van der Waals surface area (Å²) in [6, 6.07) is 8.58. The highest BCUT2D eigenvalue weighted by Crippen LogP contribution is 2.44. The van der Waals surface area contributed by atoms with Crippen molar-refractivity contribution in [1.82, 2.24) is 9.62 Å². The van der Waals surface area contributed by atoms with Crippen molar-refractivity contribution in [3.63, 3.8) is 0 Å². The van der Waals surface area contributed by atoms with Crippen LogP contribution in [0.25, 0.3) is 0 Å². The molecule has 3 aliphatic heterocycles. The molecule has 2 aromatic carbocycles. The highest BCUT2D eigenvalue weighted by Gasteiger charge is 2.42. The largest absolute Gasteiger partial charge is 0.491 e. The van der Waals surface area contributed by atoms with Crippen LogP contribution in [0.3, 0.4) is 0 Å². The molecule has 2 fully saturated rings. The smallest absolute Gasteiger partial charge is 0.264 e. The van der Waals surface area contributed by atoms with E-state index in [1.807, 2.05) is 19.1 Å². The first-order valence-electron chi connectivity index (χ1n) is 18.1. The van der Waals surface area contributed by atoms with Crippen molar-refractivity contribution >= 4 is 33.2 Å². The molecule has 1 saturated heterocycles. The number of hydrogen-bond donors (Lipinski definition) is 1. The quantitative estimate of drug-likeness (QED) is 0.362. The van der Waals surface area contributed by atoms with Crippen molar-refractivity contribution in [2.75, 3.05) is 57.5 Å². The van der Waals surface area contributed by atoms with E-state index in [1.165, 1.54) is 0 Å². The number of fused-ring (bicyclic) bond motifs is 3. The average Bonchev–Trinajstić information content (AvgIpc) is 3.12. The van der Waals surface area contributed by atoms with Gasteiger partial charge in [-0.15, -0.1) is 6.58 Å². The van der Waals surface area contributed by atoms with E-state index in [4.69, 9.17) is 25.8 Å². The monoisotopic (exact) mass is 731 g/mol. The van der Waals surface area contributed by atoms with Crippen LogP contribution in [0.2, 0.25) is 5.02 Å². The van der Waals surface area contributed by atoms with Crippen LogP contribution in [-0.4, -0.2) is 83.2 Å². The van der Waals surface area contributed by atoms with Crippen molar-refractivity contribution < 1.29 is 31.8 Å². The van der Waals surface area contributed by atoms with Crippen LogP contribution in [0.15, 0.2) is 43.0 Å². The number of sulfonamides is 1. The number of nitrogens with one attached hydrogen (secondary N) is 1. The number of hydrogen-bond acceptors (Lipinski definition) is 8. The third kappa shape index (κ3) is 8.33. The summed E-state index contributed by atoms with van der Waals surface area (Å²) in [4.78, 5) is 18.2. The second-order valence-electron chi connectivity index (χ2n) is 14.4. The molecule has 0 radical (unpaired) electrons. The molecule has 50 heavy (non-hydrogen) atoms. The van der Waals surface area contributed by atoms with E-state index in [2.05, 4.69) is 21.1 Å². The number of allylic oxidation sites excluding steroid dienone is 1. The molecule has 2 aromatic rings.